The van der Waals surface area contributed by atoms with Gasteiger partial charge in [0.15, 0.2) is 0 Å². The largest absolute Gasteiger partial charge is 0.390 e. The average molecular weight is 176 g/mol. The van der Waals surface area contributed by atoms with E-state index in [0.717, 1.165) is 6.08 Å². The molecule has 0 rings (SSSR count). The summed E-state index contributed by atoms with van der Waals surface area (Å²) in [5.74, 6) is -1.22. The van der Waals surface area contributed by atoms with Crippen LogP contribution in [0.15, 0.2) is 12.7 Å². The molecule has 0 aliphatic rings. The first-order valence-corrected chi connectivity index (χ1v) is 2.57. The van der Waals surface area contributed by atoms with Crippen molar-refractivity contribution in [3.8, 4) is 0 Å². The molecule has 0 aliphatic heterocycles. The Labute approximate surface area is 74.3 Å². The van der Waals surface area contributed by atoms with E-state index in [-0.39, 0.29) is 28.1 Å². The van der Waals surface area contributed by atoms with Gasteiger partial charge in [0.25, 0.3) is 0 Å². The maximum Gasteiger partial charge on any atom is 0.337 e. The third-order valence-corrected chi connectivity index (χ3v) is 0.670. The molecule has 0 aliphatic carbocycles. The third-order valence-electron chi connectivity index (χ3n) is 0.670. The van der Waals surface area contributed by atoms with Gasteiger partial charge in [-0.3, -0.25) is 4.79 Å². The van der Waals surface area contributed by atoms with Gasteiger partial charge in [-0.05, 0) is 0 Å². The summed E-state index contributed by atoms with van der Waals surface area (Å²) in [5, 5.41) is 0. The van der Waals surface area contributed by atoms with E-state index < -0.39 is 11.9 Å². The molecule has 0 heterocycles. The minimum atomic E-state index is -0.693. The zero-order chi connectivity index (χ0) is 7.28. The summed E-state index contributed by atoms with van der Waals surface area (Å²) in [7, 11) is 0. The van der Waals surface area contributed by atoms with Crippen molar-refractivity contribution in [2.24, 2.45) is 0 Å². The second-order valence-electron chi connectivity index (χ2n) is 1.35. The molecule has 3 nitrogen and oxygen atoms in total. The van der Waals surface area contributed by atoms with E-state index in [1.807, 2.05) is 0 Å². The maximum absolute atomic E-state index is 10.3. The van der Waals surface area contributed by atoms with E-state index in [4.69, 9.17) is 0 Å². The maximum atomic E-state index is 10.3. The molecule has 54 valence electrons. The van der Waals surface area contributed by atoms with Crippen LogP contribution in [-0.4, -0.2) is 11.9 Å². The van der Waals surface area contributed by atoms with Crippen molar-refractivity contribution in [3.63, 3.8) is 0 Å². The van der Waals surface area contributed by atoms with Crippen LogP contribution in [0.4, 0.5) is 0 Å². The normalized spacial score (nSPS) is 7.30. The van der Waals surface area contributed by atoms with Crippen LogP contribution in [0, 0.1) is 0 Å². The molecule has 0 amide bonds. The minimum absolute atomic E-state index is 0. The van der Waals surface area contributed by atoms with Gasteiger partial charge in [0.2, 0.25) is 0 Å². The number of ether oxygens (including phenoxy) is 1. The molecular weight excluding hydrogens is 168 g/mol. The number of esters is 2. The molecule has 0 radical (unpaired) electrons. The molecule has 0 unspecified atom stereocenters. The summed E-state index contributed by atoms with van der Waals surface area (Å²) in [6.45, 7) is 4.73. The Bertz CT molecular complexity index is 142. The Morgan fingerprint density at radius 3 is 2.40 bits per heavy atom. The van der Waals surface area contributed by atoms with Crippen molar-refractivity contribution < 1.29 is 36.0 Å². The van der Waals surface area contributed by atoms with Gasteiger partial charge >= 0.3 is 11.9 Å². The minimum Gasteiger partial charge on any atom is -0.390 e. The predicted molar refractivity (Wildman–Crippen MR) is 31.6 cm³/mol. The monoisotopic (exact) mass is 176 g/mol. The van der Waals surface area contributed by atoms with Crippen molar-refractivity contribution in [1.29, 1.82) is 0 Å². The molecule has 0 saturated carbocycles. The first-order chi connectivity index (χ1) is 4.20. The van der Waals surface area contributed by atoms with Crippen molar-refractivity contribution in [3.05, 3.63) is 12.7 Å². The Hall–Kier alpha value is -0.406. The standard InChI is InChI=1S/C6H8O3.Ti/c1-3-5(7)9-6(8)4-2;/h3H,1,4H2,2H3;. The molecule has 10 heavy (non-hydrogen) atoms. The van der Waals surface area contributed by atoms with Gasteiger partial charge < -0.3 is 4.74 Å². The van der Waals surface area contributed by atoms with Gasteiger partial charge in [-0.2, -0.15) is 0 Å². The van der Waals surface area contributed by atoms with Crippen molar-refractivity contribution in [2.45, 2.75) is 13.3 Å². The molecular formula is C6H8O3Ti. The number of hydrogen-bond acceptors (Lipinski definition) is 3. The van der Waals surface area contributed by atoms with Crippen LogP contribution < -0.4 is 0 Å². The van der Waals surface area contributed by atoms with Gasteiger partial charge in [0.05, 0.1) is 0 Å². The third kappa shape index (κ3) is 5.73. The van der Waals surface area contributed by atoms with Crippen LogP contribution in [0.25, 0.3) is 0 Å². The fourth-order valence-corrected chi connectivity index (χ4v) is 0.226. The van der Waals surface area contributed by atoms with Crippen LogP contribution in [0.3, 0.4) is 0 Å². The summed E-state index contributed by atoms with van der Waals surface area (Å²) in [6.07, 6.45) is 1.16. The van der Waals surface area contributed by atoms with E-state index >= 15 is 0 Å². The van der Waals surface area contributed by atoms with Crippen LogP contribution in [0.1, 0.15) is 13.3 Å². The molecule has 0 atom stereocenters. The quantitative estimate of drug-likeness (QED) is 0.268. The second kappa shape index (κ2) is 6.71. The summed E-state index contributed by atoms with van der Waals surface area (Å²) in [6, 6.07) is 0. The Morgan fingerprint density at radius 1 is 1.60 bits per heavy atom. The van der Waals surface area contributed by atoms with Gasteiger partial charge in [0.1, 0.15) is 0 Å². The van der Waals surface area contributed by atoms with Crippen molar-refractivity contribution >= 4 is 11.9 Å². The summed E-state index contributed by atoms with van der Waals surface area (Å²) >= 11 is 0. The van der Waals surface area contributed by atoms with Gasteiger partial charge in [-0.15, -0.1) is 0 Å². The molecule has 0 N–H and O–H groups in total. The Morgan fingerprint density at radius 2 is 2.10 bits per heavy atom. The number of carbonyl (C=O) groups is 2. The average Bonchev–Trinajstić information content (AvgIpc) is 1.87. The van der Waals surface area contributed by atoms with Crippen molar-refractivity contribution in [1.82, 2.24) is 0 Å². The van der Waals surface area contributed by atoms with Gasteiger partial charge in [-0.25, -0.2) is 4.79 Å². The molecule has 0 aromatic rings. The topological polar surface area (TPSA) is 43.4 Å². The SMILES string of the molecule is C=CC(=O)OC(=O)CC.[Ti]. The first-order valence-electron chi connectivity index (χ1n) is 2.57. The summed E-state index contributed by atoms with van der Waals surface area (Å²) < 4.78 is 4.15. The Balaban J connectivity index is 0. The molecule has 0 aromatic heterocycles. The number of hydrogen-bond donors (Lipinski definition) is 0. The van der Waals surface area contributed by atoms with Crippen molar-refractivity contribution in [2.75, 3.05) is 0 Å². The molecule has 0 spiro atoms. The molecule has 0 aromatic carbocycles. The summed E-state index contributed by atoms with van der Waals surface area (Å²) in [4.78, 5) is 20.5. The van der Waals surface area contributed by atoms with Crippen LogP contribution >= 0.6 is 0 Å². The van der Waals surface area contributed by atoms with E-state index in [1.54, 1.807) is 6.92 Å². The zero-order valence-electron chi connectivity index (χ0n) is 5.72. The van der Waals surface area contributed by atoms with Gasteiger partial charge in [-0.1, -0.05) is 13.5 Å². The fraction of sp³-hybridized carbons (Fsp3) is 0.333. The summed E-state index contributed by atoms with van der Waals surface area (Å²) in [5.41, 5.74) is 0. The molecule has 0 saturated heterocycles. The Kier molecular flexibility index (Phi) is 8.25. The van der Waals surface area contributed by atoms with Crippen LogP contribution in [-0.2, 0) is 36.0 Å². The smallest absolute Gasteiger partial charge is 0.337 e. The molecule has 4 heteroatoms. The fourth-order valence-electron chi connectivity index (χ4n) is 0.226. The van der Waals surface area contributed by atoms with E-state index in [1.165, 1.54) is 0 Å². The number of carbonyl (C=O) groups excluding carboxylic acids is 2. The van der Waals surface area contributed by atoms with Gasteiger partial charge in [0, 0.05) is 34.2 Å². The first kappa shape index (κ1) is 12.3. The van der Waals surface area contributed by atoms with Crippen LogP contribution in [0.5, 0.6) is 0 Å². The van der Waals surface area contributed by atoms with E-state index in [0.29, 0.717) is 0 Å². The molecule has 0 bridgehead atoms. The predicted octanol–water partition coefficient (Wildman–Crippen LogP) is 0.650. The van der Waals surface area contributed by atoms with E-state index in [2.05, 4.69) is 11.3 Å². The molecule has 0 fully saturated rings. The number of rotatable bonds is 2. The van der Waals surface area contributed by atoms with Crippen LogP contribution in [0.2, 0.25) is 0 Å². The zero-order valence-corrected chi connectivity index (χ0v) is 7.28. The van der Waals surface area contributed by atoms with E-state index in [9.17, 15) is 9.59 Å². The second-order valence-corrected chi connectivity index (χ2v) is 1.35.